The Morgan fingerprint density at radius 1 is 1.27 bits per heavy atom. The molecule has 4 heteroatoms. The normalized spacial score (nSPS) is 38.1. The van der Waals surface area contributed by atoms with Crippen LogP contribution in [-0.4, -0.2) is 10.8 Å². The minimum Gasteiger partial charge on any atom is -0.375 e. The Balaban J connectivity index is 1.80. The smallest absolute Gasteiger partial charge is 0.184 e. The van der Waals surface area contributed by atoms with Crippen LogP contribution in [0, 0.1) is 23.7 Å². The van der Waals surface area contributed by atoms with E-state index in [2.05, 4.69) is 10.5 Å². The van der Waals surface area contributed by atoms with Gasteiger partial charge in [0.1, 0.15) is 0 Å². The highest BCUT2D eigenvalue weighted by atomic mass is 32.1. The SMILES string of the molecule is NC(=S)NN=C1C2C[C]3CC(C2)CC1C3. The average molecular weight is 222 g/mol. The summed E-state index contributed by atoms with van der Waals surface area (Å²) in [5.41, 5.74) is 9.50. The van der Waals surface area contributed by atoms with Crippen molar-refractivity contribution in [3.05, 3.63) is 5.92 Å². The Kier molecular flexibility index (Phi) is 2.20. The lowest BCUT2D eigenvalue weighted by atomic mass is 9.55. The monoisotopic (exact) mass is 222 g/mol. The summed E-state index contributed by atoms with van der Waals surface area (Å²) < 4.78 is 0. The third kappa shape index (κ3) is 1.65. The van der Waals surface area contributed by atoms with Gasteiger partial charge in [0.25, 0.3) is 0 Å². The fraction of sp³-hybridized carbons (Fsp3) is 0.727. The number of hydrogen-bond acceptors (Lipinski definition) is 2. The molecule has 1 radical (unpaired) electrons. The molecule has 4 aliphatic carbocycles. The number of hydrazone groups is 1. The van der Waals surface area contributed by atoms with E-state index in [1.807, 2.05) is 0 Å². The predicted molar refractivity (Wildman–Crippen MR) is 64.2 cm³/mol. The van der Waals surface area contributed by atoms with Gasteiger partial charge in [-0.2, -0.15) is 5.10 Å². The van der Waals surface area contributed by atoms with Crippen LogP contribution in [0.2, 0.25) is 0 Å². The molecule has 4 aliphatic rings. The number of rotatable bonds is 1. The van der Waals surface area contributed by atoms with Crippen LogP contribution in [-0.2, 0) is 0 Å². The molecular weight excluding hydrogens is 206 g/mol. The third-order valence-electron chi connectivity index (χ3n) is 4.01. The standard InChI is InChI=1S/C11H16N3S/c12-11(15)14-13-10-8-2-6-1-7(4-8)5-9(10)3-6/h6,8-9H,1-5H2,(H3,12,14,15). The lowest BCUT2D eigenvalue weighted by Gasteiger charge is -2.49. The maximum absolute atomic E-state index is 5.40. The fourth-order valence-electron chi connectivity index (χ4n) is 3.68. The van der Waals surface area contributed by atoms with E-state index >= 15 is 0 Å². The molecule has 0 aliphatic heterocycles. The zero-order valence-electron chi connectivity index (χ0n) is 8.70. The molecule has 0 aromatic rings. The Bertz CT molecular complexity index is 294. The van der Waals surface area contributed by atoms with Crippen molar-refractivity contribution >= 4 is 23.0 Å². The number of thiocarbonyl (C=S) groups is 1. The quantitative estimate of drug-likeness (QED) is 0.523. The van der Waals surface area contributed by atoms with Crippen LogP contribution in [0.1, 0.15) is 32.1 Å². The topological polar surface area (TPSA) is 50.4 Å². The Hall–Kier alpha value is -0.640. The van der Waals surface area contributed by atoms with Gasteiger partial charge in [-0.1, -0.05) is 0 Å². The van der Waals surface area contributed by atoms with E-state index < -0.39 is 0 Å². The summed E-state index contributed by atoms with van der Waals surface area (Å²) in [5, 5.41) is 4.69. The average Bonchev–Trinajstić information content (AvgIpc) is 2.14. The molecule has 4 bridgehead atoms. The molecule has 3 nitrogen and oxygen atoms in total. The predicted octanol–water partition coefficient (Wildman–Crippen LogP) is 1.59. The molecule has 0 aromatic heterocycles. The summed E-state index contributed by atoms with van der Waals surface area (Å²) in [7, 11) is 0. The fourth-order valence-corrected chi connectivity index (χ4v) is 3.72. The number of nitrogens with zero attached hydrogens (tertiary/aromatic N) is 1. The summed E-state index contributed by atoms with van der Waals surface area (Å²) in [4.78, 5) is 0. The van der Waals surface area contributed by atoms with Crippen LogP contribution >= 0.6 is 12.2 Å². The molecular formula is C11H16N3S. The highest BCUT2D eigenvalue weighted by Gasteiger charge is 2.46. The van der Waals surface area contributed by atoms with E-state index in [0.717, 1.165) is 5.92 Å². The first kappa shape index (κ1) is 9.58. The molecule has 4 fully saturated rings. The van der Waals surface area contributed by atoms with Crippen molar-refractivity contribution in [2.45, 2.75) is 32.1 Å². The van der Waals surface area contributed by atoms with E-state index in [1.54, 1.807) is 5.92 Å². The first-order valence-electron chi connectivity index (χ1n) is 5.69. The van der Waals surface area contributed by atoms with Crippen LogP contribution in [0.4, 0.5) is 0 Å². The van der Waals surface area contributed by atoms with Crippen LogP contribution in [0.3, 0.4) is 0 Å². The second kappa shape index (κ2) is 3.44. The molecule has 0 spiro atoms. The number of hydrogen-bond donors (Lipinski definition) is 2. The summed E-state index contributed by atoms with van der Waals surface area (Å²) in [6, 6.07) is 0. The van der Waals surface area contributed by atoms with Crippen LogP contribution in [0.5, 0.6) is 0 Å². The molecule has 2 unspecified atom stereocenters. The van der Waals surface area contributed by atoms with Crippen molar-refractivity contribution in [2.75, 3.05) is 0 Å². The minimum atomic E-state index is 0.281. The van der Waals surface area contributed by atoms with Gasteiger partial charge >= 0.3 is 0 Å². The van der Waals surface area contributed by atoms with Crippen LogP contribution in [0.15, 0.2) is 5.10 Å². The van der Waals surface area contributed by atoms with E-state index in [0.29, 0.717) is 11.8 Å². The van der Waals surface area contributed by atoms with Crippen LogP contribution < -0.4 is 11.2 Å². The van der Waals surface area contributed by atoms with Crippen LogP contribution in [0.25, 0.3) is 0 Å². The van der Waals surface area contributed by atoms with Crippen molar-refractivity contribution in [2.24, 2.45) is 28.6 Å². The van der Waals surface area contributed by atoms with Gasteiger partial charge in [0, 0.05) is 17.5 Å². The lowest BCUT2D eigenvalue weighted by molar-refractivity contribution is 0.199. The zero-order valence-corrected chi connectivity index (χ0v) is 9.52. The molecule has 0 heterocycles. The Morgan fingerprint density at radius 2 is 1.93 bits per heavy atom. The van der Waals surface area contributed by atoms with Gasteiger partial charge in [-0.05, 0) is 56.2 Å². The molecule has 81 valence electrons. The molecule has 3 N–H and O–H groups in total. The molecule has 15 heavy (non-hydrogen) atoms. The zero-order chi connectivity index (χ0) is 10.4. The molecule has 4 rings (SSSR count). The van der Waals surface area contributed by atoms with Crippen molar-refractivity contribution in [3.63, 3.8) is 0 Å². The van der Waals surface area contributed by atoms with Gasteiger partial charge in [-0.15, -0.1) is 0 Å². The van der Waals surface area contributed by atoms with Gasteiger partial charge in [0.05, 0.1) is 0 Å². The van der Waals surface area contributed by atoms with Crippen molar-refractivity contribution in [1.82, 2.24) is 5.43 Å². The maximum atomic E-state index is 5.40. The van der Waals surface area contributed by atoms with Crippen molar-refractivity contribution < 1.29 is 0 Å². The van der Waals surface area contributed by atoms with Gasteiger partial charge in [0.2, 0.25) is 0 Å². The maximum Gasteiger partial charge on any atom is 0.184 e. The third-order valence-corrected chi connectivity index (χ3v) is 4.11. The second-order valence-electron chi connectivity index (χ2n) is 5.11. The molecule has 4 saturated carbocycles. The Morgan fingerprint density at radius 3 is 2.47 bits per heavy atom. The van der Waals surface area contributed by atoms with Gasteiger partial charge < -0.3 is 5.73 Å². The first-order chi connectivity index (χ1) is 7.22. The molecule has 0 amide bonds. The van der Waals surface area contributed by atoms with Gasteiger partial charge in [-0.25, -0.2) is 0 Å². The second-order valence-corrected chi connectivity index (χ2v) is 5.55. The summed E-state index contributed by atoms with van der Waals surface area (Å²) >= 11 is 4.78. The molecule has 2 atom stereocenters. The lowest BCUT2D eigenvalue weighted by Crippen LogP contribution is -2.45. The summed E-state index contributed by atoms with van der Waals surface area (Å²) in [6.45, 7) is 0. The van der Waals surface area contributed by atoms with Gasteiger partial charge in [-0.3, -0.25) is 5.43 Å². The van der Waals surface area contributed by atoms with E-state index in [4.69, 9.17) is 18.0 Å². The summed E-state index contributed by atoms with van der Waals surface area (Å²) in [6.07, 6.45) is 6.59. The molecule has 0 saturated heterocycles. The highest BCUT2D eigenvalue weighted by molar-refractivity contribution is 7.80. The van der Waals surface area contributed by atoms with Gasteiger partial charge in [0.15, 0.2) is 5.11 Å². The number of nitrogens with one attached hydrogen (secondary N) is 1. The molecule has 0 aromatic carbocycles. The number of nitrogens with two attached hydrogens (primary N) is 1. The van der Waals surface area contributed by atoms with E-state index in [-0.39, 0.29) is 5.11 Å². The van der Waals surface area contributed by atoms with E-state index in [9.17, 15) is 0 Å². The minimum absolute atomic E-state index is 0.281. The highest BCUT2D eigenvalue weighted by Crippen LogP contribution is 2.53. The largest absolute Gasteiger partial charge is 0.375 e. The van der Waals surface area contributed by atoms with Crippen molar-refractivity contribution in [3.8, 4) is 0 Å². The van der Waals surface area contributed by atoms with E-state index in [1.165, 1.54) is 37.8 Å². The summed E-state index contributed by atoms with van der Waals surface area (Å²) in [5.74, 6) is 4.10. The van der Waals surface area contributed by atoms with Crippen molar-refractivity contribution in [1.29, 1.82) is 0 Å². The first-order valence-corrected chi connectivity index (χ1v) is 6.09. The Labute approximate surface area is 95.5 Å².